The van der Waals surface area contributed by atoms with Gasteiger partial charge < -0.3 is 5.11 Å². The third kappa shape index (κ3) is 6.38. The van der Waals surface area contributed by atoms with Gasteiger partial charge in [-0.25, -0.2) is 8.42 Å². The van der Waals surface area contributed by atoms with Gasteiger partial charge in [-0.05, 0) is 32.6 Å². The first-order chi connectivity index (χ1) is 7.99. The average Bonchev–Trinajstić information content (AvgIpc) is 2.29. The highest BCUT2D eigenvalue weighted by Gasteiger charge is 2.24. The highest BCUT2D eigenvalue weighted by molar-refractivity contribution is 7.89. The number of hydrogen-bond acceptors (Lipinski definition) is 3. The zero-order valence-electron chi connectivity index (χ0n) is 11.4. The van der Waals surface area contributed by atoms with Gasteiger partial charge in [0.2, 0.25) is 10.0 Å². The standard InChI is InChI=1S/C12H27NO3S/c1-4-6-9-13(12(3)5-2)17(15,16)11-8-7-10-14/h12,14H,4-11H2,1-3H3. The van der Waals surface area contributed by atoms with Crippen molar-refractivity contribution >= 4 is 10.0 Å². The normalized spacial score (nSPS) is 14.2. The Hall–Kier alpha value is -0.130. The van der Waals surface area contributed by atoms with Gasteiger partial charge in [0.1, 0.15) is 0 Å². The minimum atomic E-state index is -3.16. The molecular weight excluding hydrogens is 238 g/mol. The number of aliphatic hydroxyl groups is 1. The number of sulfonamides is 1. The molecule has 104 valence electrons. The molecule has 1 unspecified atom stereocenters. The summed E-state index contributed by atoms with van der Waals surface area (Å²) in [4.78, 5) is 0. The summed E-state index contributed by atoms with van der Waals surface area (Å²) >= 11 is 0. The van der Waals surface area contributed by atoms with Gasteiger partial charge >= 0.3 is 0 Å². The Kier molecular flexibility index (Phi) is 8.82. The molecule has 0 saturated heterocycles. The van der Waals surface area contributed by atoms with E-state index in [1.54, 1.807) is 4.31 Å². The van der Waals surface area contributed by atoms with Crippen molar-refractivity contribution in [3.63, 3.8) is 0 Å². The van der Waals surface area contributed by atoms with Crippen LogP contribution in [0.3, 0.4) is 0 Å². The second kappa shape index (κ2) is 8.89. The molecule has 0 aliphatic heterocycles. The Bertz CT molecular complexity index is 277. The summed E-state index contributed by atoms with van der Waals surface area (Å²) in [6, 6.07) is 0.0701. The van der Waals surface area contributed by atoms with Crippen LogP contribution in [0.5, 0.6) is 0 Å². The summed E-state index contributed by atoms with van der Waals surface area (Å²) < 4.78 is 25.9. The van der Waals surface area contributed by atoms with Gasteiger partial charge in [-0.15, -0.1) is 0 Å². The van der Waals surface area contributed by atoms with Crippen molar-refractivity contribution in [1.82, 2.24) is 4.31 Å². The third-order valence-corrected chi connectivity index (χ3v) is 5.04. The number of hydrogen-bond donors (Lipinski definition) is 1. The number of unbranched alkanes of at least 4 members (excludes halogenated alkanes) is 2. The highest BCUT2D eigenvalue weighted by atomic mass is 32.2. The van der Waals surface area contributed by atoms with E-state index < -0.39 is 10.0 Å². The third-order valence-electron chi connectivity index (χ3n) is 2.98. The molecule has 0 aliphatic rings. The molecule has 1 N–H and O–H groups in total. The Morgan fingerprint density at radius 1 is 1.18 bits per heavy atom. The van der Waals surface area contributed by atoms with E-state index in [4.69, 9.17) is 5.11 Å². The lowest BCUT2D eigenvalue weighted by Crippen LogP contribution is -2.40. The van der Waals surface area contributed by atoms with Gasteiger partial charge in [0.15, 0.2) is 0 Å². The fourth-order valence-corrected chi connectivity index (χ4v) is 3.57. The van der Waals surface area contributed by atoms with E-state index in [1.807, 2.05) is 13.8 Å². The second-order valence-electron chi connectivity index (χ2n) is 4.47. The highest BCUT2D eigenvalue weighted by Crippen LogP contribution is 2.13. The first-order valence-corrected chi connectivity index (χ1v) is 8.20. The van der Waals surface area contributed by atoms with Gasteiger partial charge in [0, 0.05) is 19.2 Å². The smallest absolute Gasteiger partial charge is 0.214 e. The van der Waals surface area contributed by atoms with Gasteiger partial charge in [0.25, 0.3) is 0 Å². The van der Waals surface area contributed by atoms with Crippen molar-refractivity contribution in [2.45, 2.75) is 58.9 Å². The van der Waals surface area contributed by atoms with Crippen molar-refractivity contribution in [3.05, 3.63) is 0 Å². The summed E-state index contributed by atoms with van der Waals surface area (Å²) in [5.41, 5.74) is 0. The monoisotopic (exact) mass is 265 g/mol. The molecule has 4 nitrogen and oxygen atoms in total. The van der Waals surface area contributed by atoms with Crippen LogP contribution in [0.4, 0.5) is 0 Å². The summed E-state index contributed by atoms with van der Waals surface area (Å²) in [6.45, 7) is 6.71. The van der Waals surface area contributed by atoms with Crippen molar-refractivity contribution in [2.75, 3.05) is 18.9 Å². The second-order valence-corrected chi connectivity index (χ2v) is 6.51. The maximum atomic E-state index is 12.2. The summed E-state index contributed by atoms with van der Waals surface area (Å²) in [7, 11) is -3.16. The molecule has 0 amide bonds. The van der Waals surface area contributed by atoms with Crippen LogP contribution in [-0.4, -0.2) is 42.8 Å². The lowest BCUT2D eigenvalue weighted by atomic mass is 10.2. The average molecular weight is 265 g/mol. The van der Waals surface area contributed by atoms with Gasteiger partial charge in [-0.1, -0.05) is 20.3 Å². The van der Waals surface area contributed by atoms with Gasteiger partial charge in [-0.2, -0.15) is 4.31 Å². The molecule has 0 radical (unpaired) electrons. The Morgan fingerprint density at radius 2 is 1.82 bits per heavy atom. The van der Waals surface area contributed by atoms with E-state index in [0.717, 1.165) is 19.3 Å². The van der Waals surface area contributed by atoms with Crippen LogP contribution in [-0.2, 0) is 10.0 Å². The predicted molar refractivity (Wildman–Crippen MR) is 71.5 cm³/mol. The molecule has 5 heteroatoms. The number of rotatable bonds is 10. The number of aliphatic hydroxyl groups excluding tert-OH is 1. The molecule has 0 aromatic rings. The number of nitrogens with zero attached hydrogens (tertiary/aromatic N) is 1. The molecular formula is C12H27NO3S. The Balaban J connectivity index is 4.53. The van der Waals surface area contributed by atoms with Crippen LogP contribution in [0, 0.1) is 0 Å². The van der Waals surface area contributed by atoms with Crippen LogP contribution in [0.25, 0.3) is 0 Å². The molecule has 17 heavy (non-hydrogen) atoms. The zero-order chi connectivity index (χ0) is 13.3. The quantitative estimate of drug-likeness (QED) is 0.615. The molecule has 0 rings (SSSR count). The van der Waals surface area contributed by atoms with Crippen LogP contribution in [0.15, 0.2) is 0 Å². The summed E-state index contributed by atoms with van der Waals surface area (Å²) in [5.74, 6) is 0.154. The van der Waals surface area contributed by atoms with E-state index >= 15 is 0 Å². The molecule has 0 spiro atoms. The molecule has 0 aromatic carbocycles. The minimum absolute atomic E-state index is 0.0633. The minimum Gasteiger partial charge on any atom is -0.396 e. The molecule has 0 heterocycles. The SMILES string of the molecule is CCCCN(C(C)CC)S(=O)(=O)CCCCO. The van der Waals surface area contributed by atoms with Crippen LogP contribution in [0.2, 0.25) is 0 Å². The van der Waals surface area contributed by atoms with Gasteiger partial charge in [-0.3, -0.25) is 0 Å². The lowest BCUT2D eigenvalue weighted by Gasteiger charge is -2.27. The zero-order valence-corrected chi connectivity index (χ0v) is 12.2. The van der Waals surface area contributed by atoms with E-state index in [-0.39, 0.29) is 18.4 Å². The molecule has 0 fully saturated rings. The van der Waals surface area contributed by atoms with E-state index in [9.17, 15) is 8.42 Å². The largest absolute Gasteiger partial charge is 0.396 e. The van der Waals surface area contributed by atoms with Crippen molar-refractivity contribution < 1.29 is 13.5 Å². The Morgan fingerprint density at radius 3 is 2.29 bits per heavy atom. The fraction of sp³-hybridized carbons (Fsp3) is 1.00. The summed E-state index contributed by atoms with van der Waals surface area (Å²) in [6.07, 6.45) is 3.84. The van der Waals surface area contributed by atoms with E-state index in [0.29, 0.717) is 19.4 Å². The van der Waals surface area contributed by atoms with Crippen molar-refractivity contribution in [1.29, 1.82) is 0 Å². The van der Waals surface area contributed by atoms with E-state index in [1.165, 1.54) is 0 Å². The first kappa shape index (κ1) is 16.9. The molecule has 0 aliphatic carbocycles. The first-order valence-electron chi connectivity index (χ1n) is 6.60. The van der Waals surface area contributed by atoms with Crippen LogP contribution >= 0.6 is 0 Å². The molecule has 0 aromatic heterocycles. The molecule has 0 bridgehead atoms. The Labute approximate surface area is 106 Å². The topological polar surface area (TPSA) is 57.6 Å². The molecule has 0 saturated carbocycles. The van der Waals surface area contributed by atoms with Crippen molar-refractivity contribution in [3.8, 4) is 0 Å². The summed E-state index contributed by atoms with van der Waals surface area (Å²) in [5, 5.41) is 8.69. The predicted octanol–water partition coefficient (Wildman–Crippen LogP) is 1.99. The maximum Gasteiger partial charge on any atom is 0.214 e. The van der Waals surface area contributed by atoms with Crippen LogP contribution in [0.1, 0.15) is 52.9 Å². The lowest BCUT2D eigenvalue weighted by molar-refractivity contribution is 0.285. The molecule has 1 atom stereocenters. The maximum absolute atomic E-state index is 12.2. The van der Waals surface area contributed by atoms with Gasteiger partial charge in [0.05, 0.1) is 5.75 Å². The fourth-order valence-electron chi connectivity index (χ4n) is 1.66. The van der Waals surface area contributed by atoms with E-state index in [2.05, 4.69) is 6.92 Å². The van der Waals surface area contributed by atoms with Crippen LogP contribution < -0.4 is 0 Å². The van der Waals surface area contributed by atoms with Crippen molar-refractivity contribution in [2.24, 2.45) is 0 Å².